The smallest absolute Gasteiger partial charge is 0.194 e. The summed E-state index contributed by atoms with van der Waals surface area (Å²) in [4.78, 5) is 12.4. The highest BCUT2D eigenvalue weighted by Crippen LogP contribution is 2.26. The standard InChI is InChI=1S/C15H14ClNO2/c1-9-7-10(17)3-5-12(9)15(18)13-6-4-11(19-2)8-14(13)16/h3-8H,17H2,1-2H3. The Morgan fingerprint density at radius 3 is 2.42 bits per heavy atom. The summed E-state index contributed by atoms with van der Waals surface area (Å²) >= 11 is 6.11. The lowest BCUT2D eigenvalue weighted by atomic mass is 9.98. The Labute approximate surface area is 117 Å². The van der Waals surface area contributed by atoms with Crippen molar-refractivity contribution in [3.05, 3.63) is 58.1 Å². The van der Waals surface area contributed by atoms with E-state index in [2.05, 4.69) is 0 Å². The third-order valence-corrected chi connectivity index (χ3v) is 3.23. The maximum Gasteiger partial charge on any atom is 0.194 e. The highest BCUT2D eigenvalue weighted by molar-refractivity contribution is 6.35. The van der Waals surface area contributed by atoms with Gasteiger partial charge in [0.05, 0.1) is 12.1 Å². The predicted molar refractivity (Wildman–Crippen MR) is 77.0 cm³/mol. The molecule has 2 N–H and O–H groups in total. The van der Waals surface area contributed by atoms with Gasteiger partial charge in [0.1, 0.15) is 5.75 Å². The molecule has 2 aromatic carbocycles. The number of aryl methyl sites for hydroxylation is 1. The van der Waals surface area contributed by atoms with Gasteiger partial charge in [-0.25, -0.2) is 0 Å². The molecule has 0 heterocycles. The second-order valence-electron chi connectivity index (χ2n) is 4.25. The van der Waals surface area contributed by atoms with Crippen molar-refractivity contribution in [1.82, 2.24) is 0 Å². The minimum absolute atomic E-state index is 0.120. The molecule has 98 valence electrons. The summed E-state index contributed by atoms with van der Waals surface area (Å²) in [5.41, 5.74) is 8.20. The van der Waals surface area contributed by atoms with Crippen molar-refractivity contribution in [3.63, 3.8) is 0 Å². The zero-order valence-electron chi connectivity index (χ0n) is 10.7. The number of carbonyl (C=O) groups excluding carboxylic acids is 1. The SMILES string of the molecule is COc1ccc(C(=O)c2ccc(N)cc2C)c(Cl)c1. The van der Waals surface area contributed by atoms with Gasteiger partial charge in [-0.15, -0.1) is 0 Å². The van der Waals surface area contributed by atoms with Crippen LogP contribution in [0, 0.1) is 6.92 Å². The summed E-state index contributed by atoms with van der Waals surface area (Å²) in [5.74, 6) is 0.501. The summed E-state index contributed by atoms with van der Waals surface area (Å²) in [6.07, 6.45) is 0. The molecule has 19 heavy (non-hydrogen) atoms. The molecule has 0 aromatic heterocycles. The zero-order chi connectivity index (χ0) is 14.0. The van der Waals surface area contributed by atoms with Crippen LogP contribution in [0.4, 0.5) is 5.69 Å². The van der Waals surface area contributed by atoms with E-state index >= 15 is 0 Å². The van der Waals surface area contributed by atoms with Crippen molar-refractivity contribution < 1.29 is 9.53 Å². The molecule has 0 spiro atoms. The van der Waals surface area contributed by atoms with Crippen LogP contribution in [0.3, 0.4) is 0 Å². The lowest BCUT2D eigenvalue weighted by Gasteiger charge is -2.08. The predicted octanol–water partition coefficient (Wildman–Crippen LogP) is 3.47. The Morgan fingerprint density at radius 1 is 1.16 bits per heavy atom. The van der Waals surface area contributed by atoms with Gasteiger partial charge in [0.25, 0.3) is 0 Å². The van der Waals surface area contributed by atoms with Crippen molar-refractivity contribution in [2.45, 2.75) is 6.92 Å². The highest BCUT2D eigenvalue weighted by atomic mass is 35.5. The van der Waals surface area contributed by atoms with E-state index in [-0.39, 0.29) is 5.78 Å². The number of ether oxygens (including phenoxy) is 1. The molecule has 4 heteroatoms. The molecule has 0 aliphatic rings. The Hall–Kier alpha value is -2.00. The monoisotopic (exact) mass is 275 g/mol. The van der Waals surface area contributed by atoms with Crippen LogP contribution in [0.2, 0.25) is 5.02 Å². The number of carbonyl (C=O) groups is 1. The quantitative estimate of drug-likeness (QED) is 0.689. The molecule has 2 rings (SSSR count). The van der Waals surface area contributed by atoms with E-state index in [4.69, 9.17) is 22.1 Å². The van der Waals surface area contributed by atoms with Crippen LogP contribution in [0.5, 0.6) is 5.75 Å². The van der Waals surface area contributed by atoms with Gasteiger partial charge in [-0.1, -0.05) is 11.6 Å². The molecule has 0 unspecified atom stereocenters. The van der Waals surface area contributed by atoms with Crippen LogP contribution in [-0.4, -0.2) is 12.9 Å². The van der Waals surface area contributed by atoms with Gasteiger partial charge in [-0.2, -0.15) is 0 Å². The first-order valence-corrected chi connectivity index (χ1v) is 6.15. The fourth-order valence-corrected chi connectivity index (χ4v) is 2.15. The maximum absolute atomic E-state index is 12.4. The third kappa shape index (κ3) is 2.71. The van der Waals surface area contributed by atoms with Crippen LogP contribution in [0.1, 0.15) is 21.5 Å². The summed E-state index contributed by atoms with van der Waals surface area (Å²) in [6, 6.07) is 10.2. The Kier molecular flexibility index (Phi) is 3.76. The molecule has 2 aromatic rings. The van der Waals surface area contributed by atoms with E-state index in [1.165, 1.54) is 0 Å². The molecule has 0 aliphatic carbocycles. The second-order valence-corrected chi connectivity index (χ2v) is 4.66. The maximum atomic E-state index is 12.4. The van der Waals surface area contributed by atoms with Crippen LogP contribution >= 0.6 is 11.6 Å². The van der Waals surface area contributed by atoms with E-state index in [9.17, 15) is 4.79 Å². The van der Waals surface area contributed by atoms with Crippen LogP contribution < -0.4 is 10.5 Å². The van der Waals surface area contributed by atoms with E-state index < -0.39 is 0 Å². The number of nitrogen functional groups attached to an aromatic ring is 1. The number of nitrogens with two attached hydrogens (primary N) is 1. The number of hydrogen-bond donors (Lipinski definition) is 1. The first kappa shape index (κ1) is 13.4. The van der Waals surface area contributed by atoms with E-state index in [0.29, 0.717) is 27.6 Å². The number of benzene rings is 2. The molecule has 3 nitrogen and oxygen atoms in total. The van der Waals surface area contributed by atoms with E-state index in [0.717, 1.165) is 5.56 Å². The van der Waals surface area contributed by atoms with E-state index in [1.54, 1.807) is 43.5 Å². The average molecular weight is 276 g/mol. The molecule has 0 amide bonds. The lowest BCUT2D eigenvalue weighted by molar-refractivity contribution is 0.103. The van der Waals surface area contributed by atoms with E-state index in [1.807, 2.05) is 6.92 Å². The Bertz CT molecular complexity index is 638. The lowest BCUT2D eigenvalue weighted by Crippen LogP contribution is -2.05. The number of methoxy groups -OCH3 is 1. The topological polar surface area (TPSA) is 52.3 Å². The molecule has 0 bridgehead atoms. The van der Waals surface area contributed by atoms with Gasteiger partial charge in [0, 0.05) is 16.8 Å². The second kappa shape index (κ2) is 5.33. The molecule has 0 atom stereocenters. The Balaban J connectivity index is 2.44. The molecule has 0 fully saturated rings. The number of rotatable bonds is 3. The normalized spacial score (nSPS) is 10.3. The molecular formula is C15H14ClNO2. The van der Waals surface area contributed by atoms with Gasteiger partial charge in [-0.05, 0) is 48.9 Å². The number of halogens is 1. The zero-order valence-corrected chi connectivity index (χ0v) is 11.5. The number of ketones is 1. The Morgan fingerprint density at radius 2 is 1.84 bits per heavy atom. The molecule has 0 aliphatic heterocycles. The van der Waals surface area contributed by atoms with Crippen molar-refractivity contribution in [2.75, 3.05) is 12.8 Å². The van der Waals surface area contributed by atoms with Crippen LogP contribution in [0.25, 0.3) is 0 Å². The molecular weight excluding hydrogens is 262 g/mol. The van der Waals surface area contributed by atoms with Gasteiger partial charge < -0.3 is 10.5 Å². The van der Waals surface area contributed by atoms with Crippen molar-refractivity contribution in [2.24, 2.45) is 0 Å². The summed E-state index contributed by atoms with van der Waals surface area (Å²) in [7, 11) is 1.55. The van der Waals surface area contributed by atoms with Crippen molar-refractivity contribution >= 4 is 23.1 Å². The number of hydrogen-bond acceptors (Lipinski definition) is 3. The van der Waals surface area contributed by atoms with Gasteiger partial charge in [0.2, 0.25) is 0 Å². The van der Waals surface area contributed by atoms with Crippen LogP contribution in [0.15, 0.2) is 36.4 Å². The van der Waals surface area contributed by atoms with Gasteiger partial charge in [0.15, 0.2) is 5.78 Å². The first-order chi connectivity index (χ1) is 9.02. The fraction of sp³-hybridized carbons (Fsp3) is 0.133. The number of anilines is 1. The summed E-state index contributed by atoms with van der Waals surface area (Å²) < 4.78 is 5.06. The molecule has 0 saturated heterocycles. The average Bonchev–Trinajstić information content (AvgIpc) is 2.37. The van der Waals surface area contributed by atoms with Crippen molar-refractivity contribution in [1.29, 1.82) is 0 Å². The summed E-state index contributed by atoms with van der Waals surface area (Å²) in [6.45, 7) is 1.85. The molecule has 0 radical (unpaired) electrons. The summed E-state index contributed by atoms with van der Waals surface area (Å²) in [5, 5.41) is 0.376. The van der Waals surface area contributed by atoms with Gasteiger partial charge in [-0.3, -0.25) is 4.79 Å². The third-order valence-electron chi connectivity index (χ3n) is 2.92. The van der Waals surface area contributed by atoms with Crippen molar-refractivity contribution in [3.8, 4) is 5.75 Å². The minimum Gasteiger partial charge on any atom is -0.497 e. The van der Waals surface area contributed by atoms with Crippen LogP contribution in [-0.2, 0) is 0 Å². The fourth-order valence-electron chi connectivity index (χ4n) is 1.89. The highest BCUT2D eigenvalue weighted by Gasteiger charge is 2.15. The first-order valence-electron chi connectivity index (χ1n) is 5.77. The van der Waals surface area contributed by atoms with Gasteiger partial charge >= 0.3 is 0 Å². The molecule has 0 saturated carbocycles. The largest absolute Gasteiger partial charge is 0.497 e. The minimum atomic E-state index is -0.120.